The van der Waals surface area contributed by atoms with Gasteiger partial charge in [-0.2, -0.15) is 0 Å². The molecule has 0 N–H and O–H groups in total. The van der Waals surface area contributed by atoms with E-state index >= 15 is 0 Å². The van der Waals surface area contributed by atoms with Crippen molar-refractivity contribution in [2.45, 2.75) is 19.8 Å². The highest BCUT2D eigenvalue weighted by Crippen LogP contribution is 2.38. The van der Waals surface area contributed by atoms with Gasteiger partial charge in [0.05, 0.1) is 21.3 Å². The molecule has 0 saturated carbocycles. The van der Waals surface area contributed by atoms with E-state index in [2.05, 4.69) is 0 Å². The van der Waals surface area contributed by atoms with E-state index in [4.69, 9.17) is 23.7 Å². The molecule has 0 aliphatic rings. The molecule has 0 aliphatic carbocycles. The lowest BCUT2D eigenvalue weighted by Gasteiger charge is -2.14. The summed E-state index contributed by atoms with van der Waals surface area (Å²) in [7, 11) is 4.67. The van der Waals surface area contributed by atoms with Crippen LogP contribution in [-0.4, -0.2) is 40.5 Å². The molecule has 0 unspecified atom stereocenters. The normalized spacial score (nSPS) is 10.2. The van der Waals surface area contributed by atoms with Crippen LogP contribution in [0.25, 0.3) is 0 Å². The molecule has 2 rings (SSSR count). The van der Waals surface area contributed by atoms with E-state index in [0.717, 1.165) is 16.9 Å². The van der Waals surface area contributed by atoms with Gasteiger partial charge in [0.25, 0.3) is 0 Å². The summed E-state index contributed by atoms with van der Waals surface area (Å²) in [5.74, 6) is 2.14. The van der Waals surface area contributed by atoms with Crippen molar-refractivity contribution in [3.63, 3.8) is 0 Å². The van der Waals surface area contributed by atoms with Crippen LogP contribution in [0.1, 0.15) is 17.5 Å². The van der Waals surface area contributed by atoms with E-state index in [1.165, 1.54) is 0 Å². The van der Waals surface area contributed by atoms with Crippen molar-refractivity contribution in [3.05, 3.63) is 47.5 Å². The summed E-state index contributed by atoms with van der Waals surface area (Å²) >= 11 is 0. The molecule has 0 fully saturated rings. The molecule has 0 aliphatic heterocycles. The Labute approximate surface area is 160 Å². The Hall–Kier alpha value is -2.89. The zero-order valence-corrected chi connectivity index (χ0v) is 16.2. The molecule has 0 radical (unpaired) electrons. The second kappa shape index (κ2) is 10.3. The van der Waals surface area contributed by atoms with Crippen molar-refractivity contribution in [3.8, 4) is 23.0 Å². The average molecular weight is 374 g/mol. The summed E-state index contributed by atoms with van der Waals surface area (Å²) in [6.45, 7) is 2.53. The van der Waals surface area contributed by atoms with Crippen LogP contribution in [-0.2, 0) is 16.0 Å². The Morgan fingerprint density at radius 1 is 0.926 bits per heavy atom. The summed E-state index contributed by atoms with van der Waals surface area (Å²) in [4.78, 5) is 11.9. The lowest BCUT2D eigenvalue weighted by Crippen LogP contribution is -2.12. The van der Waals surface area contributed by atoms with E-state index in [-0.39, 0.29) is 19.0 Å². The largest absolute Gasteiger partial charge is 0.493 e. The van der Waals surface area contributed by atoms with Crippen molar-refractivity contribution in [1.29, 1.82) is 0 Å². The average Bonchev–Trinajstić information content (AvgIpc) is 2.68. The number of ether oxygens (including phenoxy) is 5. The number of esters is 1. The zero-order chi connectivity index (χ0) is 19.6. The van der Waals surface area contributed by atoms with Gasteiger partial charge >= 0.3 is 5.97 Å². The number of benzene rings is 2. The van der Waals surface area contributed by atoms with Gasteiger partial charge in [-0.05, 0) is 48.7 Å². The van der Waals surface area contributed by atoms with Crippen LogP contribution in [0, 0.1) is 6.92 Å². The van der Waals surface area contributed by atoms with E-state index in [1.807, 2.05) is 43.3 Å². The molecule has 0 atom stereocenters. The van der Waals surface area contributed by atoms with Crippen molar-refractivity contribution in [2.24, 2.45) is 0 Å². The summed E-state index contributed by atoms with van der Waals surface area (Å²) in [6, 6.07) is 11.4. The molecule has 2 aromatic carbocycles. The second-order valence-corrected chi connectivity index (χ2v) is 5.92. The van der Waals surface area contributed by atoms with Gasteiger partial charge in [-0.1, -0.05) is 12.1 Å². The molecule has 6 heteroatoms. The molecule has 0 saturated heterocycles. The fourth-order valence-electron chi connectivity index (χ4n) is 2.62. The number of carbonyl (C=O) groups is 1. The number of hydrogen-bond acceptors (Lipinski definition) is 6. The van der Waals surface area contributed by atoms with Gasteiger partial charge in [0, 0.05) is 6.42 Å². The van der Waals surface area contributed by atoms with E-state index in [1.54, 1.807) is 21.3 Å². The van der Waals surface area contributed by atoms with Crippen LogP contribution in [0.3, 0.4) is 0 Å². The highest BCUT2D eigenvalue weighted by molar-refractivity contribution is 5.70. The smallest absolute Gasteiger partial charge is 0.306 e. The number of aryl methyl sites for hydroxylation is 2. The van der Waals surface area contributed by atoms with Crippen molar-refractivity contribution >= 4 is 5.97 Å². The van der Waals surface area contributed by atoms with Crippen LogP contribution < -0.4 is 18.9 Å². The van der Waals surface area contributed by atoms with Crippen LogP contribution >= 0.6 is 0 Å². The minimum absolute atomic E-state index is 0.210. The summed E-state index contributed by atoms with van der Waals surface area (Å²) in [6.07, 6.45) is 0.761. The lowest BCUT2D eigenvalue weighted by atomic mass is 10.1. The van der Waals surface area contributed by atoms with Gasteiger partial charge in [0.1, 0.15) is 19.0 Å². The van der Waals surface area contributed by atoms with Gasteiger partial charge < -0.3 is 23.7 Å². The van der Waals surface area contributed by atoms with Gasteiger partial charge in [0.2, 0.25) is 5.75 Å². The second-order valence-electron chi connectivity index (χ2n) is 5.92. The lowest BCUT2D eigenvalue weighted by molar-refractivity contribution is -0.144. The molecule has 0 spiro atoms. The van der Waals surface area contributed by atoms with Gasteiger partial charge in [-0.3, -0.25) is 4.79 Å². The molecule has 27 heavy (non-hydrogen) atoms. The third kappa shape index (κ3) is 6.09. The van der Waals surface area contributed by atoms with Crippen molar-refractivity contribution < 1.29 is 28.5 Å². The number of carbonyl (C=O) groups excluding carboxylic acids is 1. The minimum Gasteiger partial charge on any atom is -0.493 e. The van der Waals surface area contributed by atoms with Gasteiger partial charge in [-0.15, -0.1) is 0 Å². The highest BCUT2D eigenvalue weighted by Gasteiger charge is 2.14. The topological polar surface area (TPSA) is 63.2 Å². The van der Waals surface area contributed by atoms with Crippen LogP contribution in [0.2, 0.25) is 0 Å². The molecule has 0 heterocycles. The third-order valence-electron chi connectivity index (χ3n) is 3.95. The van der Waals surface area contributed by atoms with Crippen LogP contribution in [0.4, 0.5) is 0 Å². The fraction of sp³-hybridized carbons (Fsp3) is 0.381. The molecule has 0 aromatic heterocycles. The van der Waals surface area contributed by atoms with Crippen LogP contribution in [0.5, 0.6) is 23.0 Å². The number of rotatable bonds is 10. The maximum Gasteiger partial charge on any atom is 0.306 e. The molecule has 6 nitrogen and oxygen atoms in total. The quantitative estimate of drug-likeness (QED) is 0.468. The zero-order valence-electron chi connectivity index (χ0n) is 16.2. The van der Waals surface area contributed by atoms with E-state index < -0.39 is 0 Å². The standard InChI is InChI=1S/C21H26O6/c1-15-6-5-7-17(12-15)26-10-11-27-20(22)9-8-16-13-18(23-2)21(25-4)19(14-16)24-3/h5-7,12-14H,8-11H2,1-4H3. The van der Waals surface area contributed by atoms with Crippen LogP contribution in [0.15, 0.2) is 36.4 Å². The van der Waals surface area contributed by atoms with Gasteiger partial charge in [0.15, 0.2) is 11.5 Å². The minimum atomic E-state index is -0.281. The first-order valence-corrected chi connectivity index (χ1v) is 8.71. The molecular weight excluding hydrogens is 348 g/mol. The molecule has 0 amide bonds. The van der Waals surface area contributed by atoms with Crippen molar-refractivity contribution in [2.75, 3.05) is 34.5 Å². The summed E-state index contributed by atoms with van der Waals surface area (Å²) < 4.78 is 26.7. The molecular formula is C21H26O6. The first kappa shape index (κ1) is 20.4. The van der Waals surface area contributed by atoms with E-state index in [0.29, 0.717) is 30.3 Å². The maximum atomic E-state index is 11.9. The molecule has 146 valence electrons. The van der Waals surface area contributed by atoms with Gasteiger partial charge in [-0.25, -0.2) is 0 Å². The molecule has 0 bridgehead atoms. The number of hydrogen-bond donors (Lipinski definition) is 0. The Morgan fingerprint density at radius 3 is 2.22 bits per heavy atom. The predicted molar refractivity (Wildman–Crippen MR) is 102 cm³/mol. The van der Waals surface area contributed by atoms with E-state index in [9.17, 15) is 4.79 Å². The molecule has 2 aromatic rings. The summed E-state index contributed by atoms with van der Waals surface area (Å²) in [5, 5.41) is 0. The Balaban J connectivity index is 1.79. The monoisotopic (exact) mass is 374 g/mol. The fourth-order valence-corrected chi connectivity index (χ4v) is 2.62. The number of methoxy groups -OCH3 is 3. The Bertz CT molecular complexity index is 731. The highest BCUT2D eigenvalue weighted by atomic mass is 16.6. The summed E-state index contributed by atoms with van der Waals surface area (Å²) in [5.41, 5.74) is 2.02. The SMILES string of the molecule is COc1cc(CCC(=O)OCCOc2cccc(C)c2)cc(OC)c1OC. The third-order valence-corrected chi connectivity index (χ3v) is 3.95. The van der Waals surface area contributed by atoms with Crippen molar-refractivity contribution in [1.82, 2.24) is 0 Å². The first-order valence-electron chi connectivity index (χ1n) is 8.71. The predicted octanol–water partition coefficient (Wildman–Crippen LogP) is 3.58. The maximum absolute atomic E-state index is 11.9. The first-order chi connectivity index (χ1) is 13.1. The Kier molecular flexibility index (Phi) is 7.79. The Morgan fingerprint density at radius 2 is 1.63 bits per heavy atom.